The van der Waals surface area contributed by atoms with Gasteiger partial charge in [-0.2, -0.15) is 0 Å². The van der Waals surface area contributed by atoms with E-state index in [1.165, 1.54) is 6.33 Å². The molecule has 0 unspecified atom stereocenters. The van der Waals surface area contributed by atoms with E-state index in [9.17, 15) is 5.11 Å². The van der Waals surface area contributed by atoms with Crippen LogP contribution in [0.25, 0.3) is 11.0 Å². The number of hydrogen-bond donors (Lipinski definition) is 1. The first-order chi connectivity index (χ1) is 21.9. The minimum atomic E-state index is -1.02. The van der Waals surface area contributed by atoms with Crippen molar-refractivity contribution in [2.24, 2.45) is 4.99 Å². The van der Waals surface area contributed by atoms with Crippen molar-refractivity contribution in [2.75, 3.05) is 34.9 Å². The quantitative estimate of drug-likeness (QED) is 0.122. The van der Waals surface area contributed by atoms with Crippen LogP contribution in [0.3, 0.4) is 0 Å². The second-order valence-corrected chi connectivity index (χ2v) is 11.1. The number of fused-ring (bicyclic) bond motifs is 1. The zero-order valence-electron chi connectivity index (χ0n) is 25.8. The molecule has 1 saturated heterocycles. The van der Waals surface area contributed by atoms with Gasteiger partial charge >= 0.3 is 0 Å². The highest BCUT2D eigenvalue weighted by molar-refractivity contribution is 5.87. The summed E-state index contributed by atoms with van der Waals surface area (Å²) in [5, 5.41) is 12.1. The molecule has 45 heavy (non-hydrogen) atoms. The summed E-state index contributed by atoms with van der Waals surface area (Å²) in [5.41, 5.74) is 2.41. The molecule has 6 rings (SSSR count). The van der Waals surface area contributed by atoms with Gasteiger partial charge in [0.1, 0.15) is 41.4 Å². The standard InChI is InChI=1S/C35H37N5O5/c1-39(2)23-38-33-29-18-19-40(34(29)37-22-36-33)32-20-30(41)31(45-32)21-44-35(24-8-6-5-7-9-24,25-10-14-27(42-3)15-11-25)26-12-16-28(43-4)17-13-26/h5-19,22-23,30-32,41H,20-21H2,1-4H3/t30-,31+,32+/m0/s1. The molecule has 0 saturated carbocycles. The maximum atomic E-state index is 11.3. The van der Waals surface area contributed by atoms with Gasteiger partial charge in [-0.15, -0.1) is 0 Å². The third-order valence-corrected chi connectivity index (χ3v) is 8.05. The molecule has 1 aliphatic heterocycles. The van der Waals surface area contributed by atoms with E-state index in [1.54, 1.807) is 20.6 Å². The highest BCUT2D eigenvalue weighted by Gasteiger charge is 2.42. The number of aliphatic imine (C=N–C) groups is 1. The molecular formula is C35H37N5O5. The first kappa shape index (κ1) is 30.3. The molecule has 0 amide bonds. The third-order valence-electron chi connectivity index (χ3n) is 8.05. The molecule has 1 aliphatic rings. The number of aliphatic hydroxyl groups is 1. The van der Waals surface area contributed by atoms with Gasteiger partial charge in [-0.3, -0.25) is 0 Å². The van der Waals surface area contributed by atoms with Crippen LogP contribution in [0, 0.1) is 0 Å². The minimum Gasteiger partial charge on any atom is -0.497 e. The van der Waals surface area contributed by atoms with Crippen LogP contribution in [0.4, 0.5) is 5.82 Å². The van der Waals surface area contributed by atoms with Crippen molar-refractivity contribution in [3.05, 3.63) is 114 Å². The smallest absolute Gasteiger partial charge is 0.166 e. The van der Waals surface area contributed by atoms with Crippen LogP contribution in [0.1, 0.15) is 29.3 Å². The molecule has 0 spiro atoms. The molecule has 3 atom stereocenters. The van der Waals surface area contributed by atoms with Crippen LogP contribution in [-0.4, -0.2) is 78.0 Å². The van der Waals surface area contributed by atoms with E-state index in [0.717, 1.165) is 33.6 Å². The van der Waals surface area contributed by atoms with E-state index in [4.69, 9.17) is 18.9 Å². The lowest BCUT2D eigenvalue weighted by atomic mass is 9.80. The van der Waals surface area contributed by atoms with Crippen LogP contribution in [0.15, 0.2) is 102 Å². The Bertz CT molecular complexity index is 1690. The van der Waals surface area contributed by atoms with Crippen LogP contribution in [0.5, 0.6) is 11.5 Å². The van der Waals surface area contributed by atoms with Crippen molar-refractivity contribution in [1.82, 2.24) is 19.4 Å². The Morgan fingerprint density at radius 2 is 1.53 bits per heavy atom. The highest BCUT2D eigenvalue weighted by Crippen LogP contribution is 2.43. The number of methoxy groups -OCH3 is 2. The normalized spacial score (nSPS) is 18.5. The molecule has 10 nitrogen and oxygen atoms in total. The fourth-order valence-electron chi connectivity index (χ4n) is 5.78. The summed E-state index contributed by atoms with van der Waals surface area (Å²) in [7, 11) is 7.09. The van der Waals surface area contributed by atoms with E-state index < -0.39 is 24.0 Å². The number of aliphatic hydroxyl groups excluding tert-OH is 1. The summed E-state index contributed by atoms with van der Waals surface area (Å²) >= 11 is 0. The summed E-state index contributed by atoms with van der Waals surface area (Å²) in [5.74, 6) is 2.05. The van der Waals surface area contributed by atoms with Gasteiger partial charge in [-0.05, 0) is 47.0 Å². The average molecular weight is 608 g/mol. The minimum absolute atomic E-state index is 0.122. The van der Waals surface area contributed by atoms with Crippen molar-refractivity contribution in [3.8, 4) is 11.5 Å². The molecular weight excluding hydrogens is 570 g/mol. The van der Waals surface area contributed by atoms with Crippen molar-refractivity contribution in [1.29, 1.82) is 0 Å². The van der Waals surface area contributed by atoms with Gasteiger partial charge in [0.25, 0.3) is 0 Å². The largest absolute Gasteiger partial charge is 0.497 e. The molecule has 2 aromatic heterocycles. The first-order valence-corrected chi connectivity index (χ1v) is 14.8. The van der Waals surface area contributed by atoms with Gasteiger partial charge in [0.2, 0.25) is 0 Å². The van der Waals surface area contributed by atoms with Crippen molar-refractivity contribution < 1.29 is 24.1 Å². The van der Waals surface area contributed by atoms with E-state index in [1.807, 2.05) is 115 Å². The van der Waals surface area contributed by atoms with Crippen molar-refractivity contribution >= 4 is 23.2 Å². The lowest BCUT2D eigenvalue weighted by Gasteiger charge is -2.37. The Hall–Kier alpha value is -4.77. The highest BCUT2D eigenvalue weighted by atomic mass is 16.6. The molecule has 232 valence electrons. The molecule has 0 bridgehead atoms. The summed E-state index contributed by atoms with van der Waals surface area (Å²) < 4.78 is 26.3. The third kappa shape index (κ3) is 6.00. The van der Waals surface area contributed by atoms with Gasteiger partial charge in [0, 0.05) is 26.7 Å². The first-order valence-electron chi connectivity index (χ1n) is 14.8. The van der Waals surface area contributed by atoms with E-state index in [2.05, 4.69) is 15.0 Å². The molecule has 1 fully saturated rings. The number of nitrogens with zero attached hydrogens (tertiary/aromatic N) is 5. The zero-order valence-corrected chi connectivity index (χ0v) is 25.8. The Labute approximate surface area is 262 Å². The average Bonchev–Trinajstić information content (AvgIpc) is 3.68. The lowest BCUT2D eigenvalue weighted by Crippen LogP contribution is -2.38. The van der Waals surface area contributed by atoms with Gasteiger partial charge < -0.3 is 33.5 Å². The van der Waals surface area contributed by atoms with Gasteiger partial charge in [0.15, 0.2) is 5.82 Å². The Kier molecular flexibility index (Phi) is 8.79. The molecule has 10 heteroatoms. The van der Waals surface area contributed by atoms with Crippen molar-refractivity contribution in [2.45, 2.75) is 30.5 Å². The van der Waals surface area contributed by atoms with Crippen LogP contribution in [0.2, 0.25) is 0 Å². The van der Waals surface area contributed by atoms with Crippen LogP contribution >= 0.6 is 0 Å². The summed E-state index contributed by atoms with van der Waals surface area (Å²) in [6, 6.07) is 27.7. The molecule has 3 heterocycles. The summed E-state index contributed by atoms with van der Waals surface area (Å²) in [6.45, 7) is 0.122. The number of hydrogen-bond acceptors (Lipinski definition) is 8. The van der Waals surface area contributed by atoms with Gasteiger partial charge in [0.05, 0.1) is 38.7 Å². The monoisotopic (exact) mass is 607 g/mol. The van der Waals surface area contributed by atoms with Crippen molar-refractivity contribution in [3.63, 3.8) is 0 Å². The summed E-state index contributed by atoms with van der Waals surface area (Å²) in [6.07, 6.45) is 3.66. The topological polar surface area (TPSA) is 103 Å². The maximum Gasteiger partial charge on any atom is 0.166 e. The van der Waals surface area contributed by atoms with Gasteiger partial charge in [-0.1, -0.05) is 54.6 Å². The van der Waals surface area contributed by atoms with E-state index in [-0.39, 0.29) is 6.61 Å². The molecule has 1 N–H and O–H groups in total. The van der Waals surface area contributed by atoms with E-state index in [0.29, 0.717) is 17.9 Å². The Morgan fingerprint density at radius 3 is 2.13 bits per heavy atom. The molecule has 0 aliphatic carbocycles. The molecule has 0 radical (unpaired) electrons. The zero-order chi connectivity index (χ0) is 31.4. The number of benzene rings is 3. The maximum absolute atomic E-state index is 11.3. The number of ether oxygens (including phenoxy) is 4. The SMILES string of the molecule is COc1ccc(C(OC[C@H]2O[C@@H](n3ccc4c(N=CN(C)C)ncnc43)C[C@@H]2O)(c2ccccc2)c2ccc(OC)cc2)cc1. The summed E-state index contributed by atoms with van der Waals surface area (Å²) in [4.78, 5) is 15.2. The predicted octanol–water partition coefficient (Wildman–Crippen LogP) is 5.33. The molecule has 5 aromatic rings. The van der Waals surface area contributed by atoms with Crippen LogP contribution in [-0.2, 0) is 15.1 Å². The number of rotatable bonds is 11. The Morgan fingerprint density at radius 1 is 0.911 bits per heavy atom. The fraction of sp³-hybridized carbons (Fsp3) is 0.286. The van der Waals surface area contributed by atoms with E-state index >= 15 is 0 Å². The lowest BCUT2D eigenvalue weighted by molar-refractivity contribution is -0.0930. The second kappa shape index (κ2) is 13.1. The Balaban J connectivity index is 1.33. The number of aromatic nitrogens is 3. The van der Waals surface area contributed by atoms with Gasteiger partial charge in [-0.25, -0.2) is 15.0 Å². The van der Waals surface area contributed by atoms with Crippen LogP contribution < -0.4 is 9.47 Å². The fourth-order valence-corrected chi connectivity index (χ4v) is 5.78. The molecule has 3 aromatic carbocycles. The predicted molar refractivity (Wildman–Crippen MR) is 172 cm³/mol. The second-order valence-electron chi connectivity index (χ2n) is 11.1.